The zero-order valence-electron chi connectivity index (χ0n) is 9.91. The van der Waals surface area contributed by atoms with Crippen molar-refractivity contribution in [2.75, 3.05) is 5.32 Å². The van der Waals surface area contributed by atoms with Gasteiger partial charge in [-0.3, -0.25) is 9.78 Å². The molecule has 0 aliphatic heterocycles. The predicted molar refractivity (Wildman–Crippen MR) is 68.3 cm³/mol. The van der Waals surface area contributed by atoms with Crippen LogP contribution in [0.2, 0.25) is 0 Å². The normalized spacial score (nSPS) is 14.4. The van der Waals surface area contributed by atoms with Crippen LogP contribution in [0.1, 0.15) is 24.4 Å². The van der Waals surface area contributed by atoms with E-state index in [1.807, 2.05) is 12.1 Å². The van der Waals surface area contributed by atoms with Gasteiger partial charge in [0.2, 0.25) is 0 Å². The zero-order chi connectivity index (χ0) is 12.4. The van der Waals surface area contributed by atoms with Crippen molar-refractivity contribution in [2.24, 2.45) is 0 Å². The molecule has 0 atom stereocenters. The first-order valence-corrected chi connectivity index (χ1v) is 6.04. The SMILES string of the molecule is O=c1c(NCc2ccncc2)nccn1C1CC1. The van der Waals surface area contributed by atoms with Gasteiger partial charge in [0.05, 0.1) is 0 Å². The van der Waals surface area contributed by atoms with E-state index in [0.717, 1.165) is 18.4 Å². The number of rotatable bonds is 4. The minimum Gasteiger partial charge on any atom is -0.361 e. The average molecular weight is 242 g/mol. The van der Waals surface area contributed by atoms with Crippen molar-refractivity contribution >= 4 is 5.82 Å². The van der Waals surface area contributed by atoms with Gasteiger partial charge in [0.15, 0.2) is 5.82 Å². The Morgan fingerprint density at radius 2 is 2.06 bits per heavy atom. The maximum atomic E-state index is 12.1. The molecular weight excluding hydrogens is 228 g/mol. The number of anilines is 1. The van der Waals surface area contributed by atoms with Crippen molar-refractivity contribution in [1.29, 1.82) is 0 Å². The van der Waals surface area contributed by atoms with Crippen LogP contribution in [0.5, 0.6) is 0 Å². The van der Waals surface area contributed by atoms with Crippen LogP contribution in [0.4, 0.5) is 5.82 Å². The van der Waals surface area contributed by atoms with E-state index in [4.69, 9.17) is 0 Å². The van der Waals surface area contributed by atoms with Gasteiger partial charge in [-0.05, 0) is 30.5 Å². The summed E-state index contributed by atoms with van der Waals surface area (Å²) in [6.07, 6.45) is 9.09. The maximum absolute atomic E-state index is 12.1. The average Bonchev–Trinajstić information content (AvgIpc) is 3.23. The molecule has 0 amide bonds. The smallest absolute Gasteiger partial charge is 0.293 e. The summed E-state index contributed by atoms with van der Waals surface area (Å²) in [5.41, 5.74) is 1.04. The van der Waals surface area contributed by atoms with E-state index < -0.39 is 0 Å². The molecule has 0 aromatic carbocycles. The Kier molecular flexibility index (Phi) is 2.80. The molecule has 0 spiro atoms. The van der Waals surface area contributed by atoms with Gasteiger partial charge < -0.3 is 9.88 Å². The van der Waals surface area contributed by atoms with Crippen LogP contribution in [0.25, 0.3) is 0 Å². The van der Waals surface area contributed by atoms with E-state index in [1.165, 1.54) is 0 Å². The second kappa shape index (κ2) is 4.60. The third-order valence-corrected chi connectivity index (χ3v) is 3.02. The van der Waals surface area contributed by atoms with Crippen molar-refractivity contribution in [3.8, 4) is 0 Å². The molecule has 5 nitrogen and oxygen atoms in total. The summed E-state index contributed by atoms with van der Waals surface area (Å²) in [4.78, 5) is 20.2. The minimum absolute atomic E-state index is 0.0333. The Hall–Kier alpha value is -2.17. The molecule has 1 N–H and O–H groups in total. The Bertz CT molecular complexity index is 589. The molecular formula is C13H14N4O. The van der Waals surface area contributed by atoms with Crippen LogP contribution in [-0.2, 0) is 6.54 Å². The van der Waals surface area contributed by atoms with Crippen LogP contribution in [0.3, 0.4) is 0 Å². The minimum atomic E-state index is -0.0333. The lowest BCUT2D eigenvalue weighted by Crippen LogP contribution is -2.23. The Balaban J connectivity index is 1.77. The van der Waals surface area contributed by atoms with Crippen molar-refractivity contribution < 1.29 is 0 Å². The quantitative estimate of drug-likeness (QED) is 0.884. The summed E-state index contributed by atoms with van der Waals surface area (Å²) in [7, 11) is 0. The predicted octanol–water partition coefficient (Wildman–Crippen LogP) is 1.59. The Labute approximate surface area is 105 Å². The number of pyridine rings is 1. The third-order valence-electron chi connectivity index (χ3n) is 3.02. The van der Waals surface area contributed by atoms with Gasteiger partial charge in [-0.1, -0.05) is 0 Å². The van der Waals surface area contributed by atoms with Gasteiger partial charge in [-0.25, -0.2) is 4.98 Å². The van der Waals surface area contributed by atoms with Crippen molar-refractivity contribution in [2.45, 2.75) is 25.4 Å². The van der Waals surface area contributed by atoms with Crippen LogP contribution < -0.4 is 10.9 Å². The molecule has 2 aromatic rings. The molecule has 0 unspecified atom stereocenters. The maximum Gasteiger partial charge on any atom is 0.293 e. The van der Waals surface area contributed by atoms with Gasteiger partial charge in [0, 0.05) is 37.4 Å². The molecule has 0 radical (unpaired) electrons. The fourth-order valence-electron chi connectivity index (χ4n) is 1.87. The van der Waals surface area contributed by atoms with Crippen LogP contribution >= 0.6 is 0 Å². The first-order chi connectivity index (χ1) is 8.84. The molecule has 1 aliphatic rings. The Morgan fingerprint density at radius 3 is 2.78 bits per heavy atom. The highest BCUT2D eigenvalue weighted by molar-refractivity contribution is 5.32. The molecule has 0 saturated heterocycles. The van der Waals surface area contributed by atoms with Gasteiger partial charge >= 0.3 is 0 Å². The van der Waals surface area contributed by atoms with E-state index in [1.54, 1.807) is 29.4 Å². The van der Waals surface area contributed by atoms with Gasteiger partial charge in [-0.15, -0.1) is 0 Å². The first kappa shape index (κ1) is 11.0. The van der Waals surface area contributed by atoms with Crippen LogP contribution in [0, 0.1) is 0 Å². The van der Waals surface area contributed by atoms with E-state index >= 15 is 0 Å². The largest absolute Gasteiger partial charge is 0.361 e. The summed E-state index contributed by atoms with van der Waals surface area (Å²) in [5.74, 6) is 0.418. The van der Waals surface area contributed by atoms with Gasteiger partial charge in [0.1, 0.15) is 0 Å². The van der Waals surface area contributed by atoms with Crippen molar-refractivity contribution in [1.82, 2.24) is 14.5 Å². The van der Waals surface area contributed by atoms with E-state index in [2.05, 4.69) is 15.3 Å². The van der Waals surface area contributed by atoms with E-state index in [9.17, 15) is 4.79 Å². The summed E-state index contributed by atoms with van der Waals surface area (Å²) >= 11 is 0. The number of hydrogen-bond acceptors (Lipinski definition) is 4. The van der Waals surface area contributed by atoms with Crippen LogP contribution in [0.15, 0.2) is 41.7 Å². The lowest BCUT2D eigenvalue weighted by atomic mass is 10.3. The lowest BCUT2D eigenvalue weighted by Gasteiger charge is -2.07. The molecule has 92 valence electrons. The molecule has 2 heterocycles. The fraction of sp³-hybridized carbons (Fsp3) is 0.308. The first-order valence-electron chi connectivity index (χ1n) is 6.04. The topological polar surface area (TPSA) is 59.8 Å². The van der Waals surface area contributed by atoms with E-state index in [0.29, 0.717) is 18.4 Å². The molecule has 1 fully saturated rings. The molecule has 0 bridgehead atoms. The molecule has 5 heteroatoms. The number of aromatic nitrogens is 3. The van der Waals surface area contributed by atoms with E-state index in [-0.39, 0.29) is 5.56 Å². The fourth-order valence-corrected chi connectivity index (χ4v) is 1.87. The zero-order valence-corrected chi connectivity index (χ0v) is 9.91. The van der Waals surface area contributed by atoms with Gasteiger partial charge in [-0.2, -0.15) is 0 Å². The van der Waals surface area contributed by atoms with Crippen molar-refractivity contribution in [3.05, 3.63) is 52.8 Å². The summed E-state index contributed by atoms with van der Waals surface area (Å²) in [6, 6.07) is 4.20. The molecule has 1 saturated carbocycles. The highest BCUT2D eigenvalue weighted by Crippen LogP contribution is 2.33. The lowest BCUT2D eigenvalue weighted by molar-refractivity contribution is 0.699. The second-order valence-corrected chi connectivity index (χ2v) is 4.43. The standard InChI is InChI=1S/C13H14N4O/c18-13-12(15-7-8-17(13)11-1-2-11)16-9-10-3-5-14-6-4-10/h3-8,11H,1-2,9H2,(H,15,16). The molecule has 18 heavy (non-hydrogen) atoms. The highest BCUT2D eigenvalue weighted by Gasteiger charge is 2.25. The molecule has 3 rings (SSSR count). The third kappa shape index (κ3) is 2.25. The summed E-state index contributed by atoms with van der Waals surface area (Å²) in [6.45, 7) is 0.583. The van der Waals surface area contributed by atoms with Crippen molar-refractivity contribution in [3.63, 3.8) is 0 Å². The second-order valence-electron chi connectivity index (χ2n) is 4.43. The number of hydrogen-bond donors (Lipinski definition) is 1. The highest BCUT2D eigenvalue weighted by atomic mass is 16.1. The summed E-state index contributed by atoms with van der Waals surface area (Å²) in [5, 5.41) is 3.08. The number of nitrogens with one attached hydrogen (secondary N) is 1. The van der Waals surface area contributed by atoms with Crippen LogP contribution in [-0.4, -0.2) is 14.5 Å². The molecule has 1 aliphatic carbocycles. The molecule has 2 aromatic heterocycles. The Morgan fingerprint density at radius 1 is 1.28 bits per heavy atom. The monoisotopic (exact) mass is 242 g/mol. The van der Waals surface area contributed by atoms with Gasteiger partial charge in [0.25, 0.3) is 5.56 Å². The number of nitrogens with zero attached hydrogens (tertiary/aromatic N) is 3. The summed E-state index contributed by atoms with van der Waals surface area (Å²) < 4.78 is 1.77.